The van der Waals surface area contributed by atoms with Crippen molar-refractivity contribution < 1.29 is 23.1 Å². The maximum Gasteiger partial charge on any atom is 0.416 e. The molecular weight excluding hydrogens is 339 g/mol. The molecule has 1 aromatic carbocycles. The van der Waals surface area contributed by atoms with E-state index in [-0.39, 0.29) is 6.04 Å². The average Bonchev–Trinajstić information content (AvgIpc) is 3.19. The smallest absolute Gasteiger partial charge is 0.416 e. The first-order valence-corrected chi connectivity index (χ1v) is 8.45. The number of carboxylic acids is 1. The van der Waals surface area contributed by atoms with E-state index in [9.17, 15) is 23.1 Å². The number of benzene rings is 1. The van der Waals surface area contributed by atoms with E-state index in [4.69, 9.17) is 0 Å². The summed E-state index contributed by atoms with van der Waals surface area (Å²) >= 11 is 1.48. The first kappa shape index (κ1) is 17.0. The number of halogens is 3. The molecule has 1 fully saturated rings. The fourth-order valence-electron chi connectivity index (χ4n) is 3.18. The molecule has 7 heteroatoms. The fourth-order valence-corrected chi connectivity index (χ4v) is 4.06. The highest BCUT2D eigenvalue weighted by atomic mass is 32.1. The van der Waals surface area contributed by atoms with Crippen LogP contribution in [0, 0.1) is 0 Å². The van der Waals surface area contributed by atoms with Crippen LogP contribution in [0.5, 0.6) is 0 Å². The number of thiophene rings is 1. The van der Waals surface area contributed by atoms with Crippen molar-refractivity contribution in [3.8, 4) is 0 Å². The molecule has 1 aliphatic rings. The molecular formula is C17H16F3NO2S. The lowest BCUT2D eigenvalue weighted by Crippen LogP contribution is -2.39. The van der Waals surface area contributed by atoms with E-state index < -0.39 is 23.8 Å². The Morgan fingerprint density at radius 3 is 2.50 bits per heavy atom. The van der Waals surface area contributed by atoms with Gasteiger partial charge in [-0.1, -0.05) is 18.2 Å². The summed E-state index contributed by atoms with van der Waals surface area (Å²) in [5.41, 5.74) is -0.0222. The number of nitrogens with zero attached hydrogens (tertiary/aromatic N) is 1. The predicted octanol–water partition coefficient (Wildman–Crippen LogP) is 4.41. The Morgan fingerprint density at radius 2 is 1.96 bits per heavy atom. The molecule has 0 radical (unpaired) electrons. The summed E-state index contributed by atoms with van der Waals surface area (Å²) in [4.78, 5) is 14.3. The van der Waals surface area contributed by atoms with Gasteiger partial charge in [0.25, 0.3) is 0 Å². The Bertz CT molecular complexity index is 698. The Morgan fingerprint density at radius 1 is 1.25 bits per heavy atom. The summed E-state index contributed by atoms with van der Waals surface area (Å²) in [7, 11) is 0. The molecule has 3 rings (SSSR count). The van der Waals surface area contributed by atoms with Gasteiger partial charge in [-0.3, -0.25) is 9.69 Å². The molecule has 1 N–H and O–H groups in total. The van der Waals surface area contributed by atoms with Crippen LogP contribution in [-0.4, -0.2) is 28.6 Å². The quantitative estimate of drug-likeness (QED) is 0.883. The normalized spacial score (nSPS) is 20.2. The lowest BCUT2D eigenvalue weighted by molar-refractivity contribution is -0.142. The van der Waals surface area contributed by atoms with Gasteiger partial charge in [-0.25, -0.2) is 0 Å². The van der Waals surface area contributed by atoms with Gasteiger partial charge in [0.2, 0.25) is 0 Å². The second-order valence-electron chi connectivity index (χ2n) is 5.77. The molecule has 0 saturated carbocycles. The summed E-state index contributed by atoms with van der Waals surface area (Å²) < 4.78 is 38.3. The van der Waals surface area contributed by atoms with Crippen molar-refractivity contribution in [3.63, 3.8) is 0 Å². The number of alkyl halides is 3. The highest BCUT2D eigenvalue weighted by molar-refractivity contribution is 7.10. The topological polar surface area (TPSA) is 40.5 Å². The minimum atomic E-state index is -4.38. The van der Waals surface area contributed by atoms with Crippen molar-refractivity contribution in [1.29, 1.82) is 0 Å². The summed E-state index contributed by atoms with van der Waals surface area (Å²) in [5.74, 6) is -0.888. The molecule has 0 bridgehead atoms. The van der Waals surface area contributed by atoms with E-state index >= 15 is 0 Å². The number of carbonyl (C=O) groups is 1. The maximum absolute atomic E-state index is 12.8. The molecule has 1 saturated heterocycles. The minimum absolute atomic E-state index is 0.337. The highest BCUT2D eigenvalue weighted by Gasteiger charge is 2.37. The van der Waals surface area contributed by atoms with Gasteiger partial charge in [0, 0.05) is 11.4 Å². The largest absolute Gasteiger partial charge is 0.480 e. The summed E-state index contributed by atoms with van der Waals surface area (Å²) in [6.45, 7) is 0.612. The SMILES string of the molecule is O=C(O)C1CCCN1C(c1ccc(C(F)(F)F)cc1)c1cccs1. The van der Waals surface area contributed by atoms with Crippen LogP contribution < -0.4 is 0 Å². The molecule has 0 aliphatic carbocycles. The van der Waals surface area contributed by atoms with Crippen molar-refractivity contribution in [2.45, 2.75) is 31.1 Å². The van der Waals surface area contributed by atoms with E-state index in [0.29, 0.717) is 18.5 Å². The summed E-state index contributed by atoms with van der Waals surface area (Å²) in [5, 5.41) is 11.3. The molecule has 2 atom stereocenters. The Labute approximate surface area is 141 Å². The molecule has 2 aromatic rings. The third-order valence-electron chi connectivity index (χ3n) is 4.28. The van der Waals surface area contributed by atoms with Crippen molar-refractivity contribution in [3.05, 3.63) is 57.8 Å². The zero-order valence-corrected chi connectivity index (χ0v) is 13.5. The predicted molar refractivity (Wildman–Crippen MR) is 85.0 cm³/mol. The van der Waals surface area contributed by atoms with Crippen LogP contribution in [0.1, 0.15) is 34.9 Å². The number of hydrogen-bond donors (Lipinski definition) is 1. The lowest BCUT2D eigenvalue weighted by atomic mass is 10.0. The Balaban J connectivity index is 1.98. The van der Waals surface area contributed by atoms with E-state index in [1.165, 1.54) is 23.5 Å². The average molecular weight is 355 g/mol. The maximum atomic E-state index is 12.8. The standard InChI is InChI=1S/C17H16F3NO2S/c18-17(19,20)12-7-5-11(6-8-12)15(14-4-2-10-24-14)21-9-1-3-13(21)16(22)23/h2,4-8,10,13,15H,1,3,9H2,(H,22,23). The molecule has 2 unspecified atom stereocenters. The van der Waals surface area contributed by atoms with Crippen molar-refractivity contribution in [1.82, 2.24) is 4.90 Å². The van der Waals surface area contributed by atoms with E-state index in [2.05, 4.69) is 0 Å². The molecule has 1 aliphatic heterocycles. The molecule has 2 heterocycles. The third kappa shape index (κ3) is 3.32. The van der Waals surface area contributed by atoms with Gasteiger partial charge in [-0.15, -0.1) is 11.3 Å². The van der Waals surface area contributed by atoms with Crippen molar-refractivity contribution in [2.24, 2.45) is 0 Å². The van der Waals surface area contributed by atoms with Gasteiger partial charge in [0.15, 0.2) is 0 Å². The molecule has 128 valence electrons. The number of rotatable bonds is 4. The zero-order chi connectivity index (χ0) is 17.3. The lowest BCUT2D eigenvalue weighted by Gasteiger charge is -2.31. The molecule has 0 spiro atoms. The molecule has 0 amide bonds. The van der Waals surface area contributed by atoms with E-state index in [0.717, 1.165) is 23.4 Å². The third-order valence-corrected chi connectivity index (χ3v) is 5.20. The first-order valence-electron chi connectivity index (χ1n) is 7.57. The Hall–Kier alpha value is -1.86. The van der Waals surface area contributed by atoms with Crippen molar-refractivity contribution >= 4 is 17.3 Å². The molecule has 24 heavy (non-hydrogen) atoms. The van der Waals surface area contributed by atoms with E-state index in [1.807, 2.05) is 22.4 Å². The van der Waals surface area contributed by atoms with Crippen LogP contribution >= 0.6 is 11.3 Å². The van der Waals surface area contributed by atoms with E-state index in [1.54, 1.807) is 0 Å². The van der Waals surface area contributed by atoms with Crippen LogP contribution in [0.4, 0.5) is 13.2 Å². The molecule has 3 nitrogen and oxygen atoms in total. The van der Waals surface area contributed by atoms with Crippen LogP contribution in [0.15, 0.2) is 41.8 Å². The van der Waals surface area contributed by atoms with Gasteiger partial charge in [-0.2, -0.15) is 13.2 Å². The van der Waals surface area contributed by atoms with Gasteiger partial charge in [0.1, 0.15) is 6.04 Å². The number of hydrogen-bond acceptors (Lipinski definition) is 3. The van der Waals surface area contributed by atoms with Gasteiger partial charge in [-0.05, 0) is 42.0 Å². The van der Waals surface area contributed by atoms with Gasteiger partial charge < -0.3 is 5.11 Å². The highest BCUT2D eigenvalue weighted by Crippen LogP contribution is 2.38. The number of aliphatic carboxylic acids is 1. The monoisotopic (exact) mass is 355 g/mol. The van der Waals surface area contributed by atoms with Crippen molar-refractivity contribution in [2.75, 3.05) is 6.54 Å². The Kier molecular flexibility index (Phi) is 4.64. The second kappa shape index (κ2) is 6.57. The van der Waals surface area contributed by atoms with Crippen LogP contribution in [0.2, 0.25) is 0 Å². The minimum Gasteiger partial charge on any atom is -0.480 e. The number of carboxylic acid groups (broad SMARTS) is 1. The van der Waals surface area contributed by atoms with Gasteiger partial charge in [0.05, 0.1) is 11.6 Å². The molecule has 1 aromatic heterocycles. The van der Waals surface area contributed by atoms with Crippen LogP contribution in [0.25, 0.3) is 0 Å². The summed E-state index contributed by atoms with van der Waals surface area (Å²) in [6, 6.07) is 7.82. The second-order valence-corrected chi connectivity index (χ2v) is 6.75. The fraction of sp³-hybridized carbons (Fsp3) is 0.353. The number of likely N-dealkylation sites (tertiary alicyclic amines) is 1. The van der Waals surface area contributed by atoms with Gasteiger partial charge >= 0.3 is 12.1 Å². The first-order chi connectivity index (χ1) is 11.4. The summed E-state index contributed by atoms with van der Waals surface area (Å²) in [6.07, 6.45) is -3.06. The zero-order valence-electron chi connectivity index (χ0n) is 12.7. The van der Waals surface area contributed by atoms with Crippen LogP contribution in [0.3, 0.4) is 0 Å². The van der Waals surface area contributed by atoms with Crippen LogP contribution in [-0.2, 0) is 11.0 Å².